The van der Waals surface area contributed by atoms with Gasteiger partial charge in [-0.25, -0.2) is 4.79 Å². The quantitative estimate of drug-likeness (QED) is 0.642. The zero-order valence-electron chi connectivity index (χ0n) is 17.4. The Hall–Kier alpha value is -2.64. The van der Waals surface area contributed by atoms with Crippen LogP contribution in [0.25, 0.3) is 0 Å². The minimum Gasteiger partial charge on any atom is -0.444 e. The van der Waals surface area contributed by atoms with Crippen LogP contribution in [-0.4, -0.2) is 40.6 Å². The van der Waals surface area contributed by atoms with Crippen LogP contribution in [0.3, 0.4) is 0 Å². The van der Waals surface area contributed by atoms with Crippen LogP contribution in [0.1, 0.15) is 58.4 Å². The third-order valence-corrected chi connectivity index (χ3v) is 4.90. The van der Waals surface area contributed by atoms with E-state index in [4.69, 9.17) is 10.5 Å². The van der Waals surface area contributed by atoms with Crippen LogP contribution in [0, 0.1) is 5.92 Å². The molecule has 1 saturated carbocycles. The number of carbonyl (C=O) groups excluding carboxylic acids is 3. The third-order valence-electron chi connectivity index (χ3n) is 4.90. The van der Waals surface area contributed by atoms with Gasteiger partial charge in [0, 0.05) is 18.8 Å². The molecule has 2 rings (SSSR count). The second-order valence-corrected chi connectivity index (χ2v) is 8.55. The Morgan fingerprint density at radius 3 is 2.45 bits per heavy atom. The maximum absolute atomic E-state index is 13.0. The highest BCUT2D eigenvalue weighted by molar-refractivity contribution is 5.91. The average molecular weight is 405 g/mol. The summed E-state index contributed by atoms with van der Waals surface area (Å²) in [7, 11) is 0. The molecule has 0 aliphatic heterocycles. The topological polar surface area (TPSA) is 123 Å². The van der Waals surface area contributed by atoms with E-state index in [1.807, 2.05) is 6.07 Å². The van der Waals surface area contributed by atoms with E-state index in [0.29, 0.717) is 0 Å². The monoisotopic (exact) mass is 404 g/mol. The van der Waals surface area contributed by atoms with Crippen LogP contribution in [0.4, 0.5) is 4.79 Å². The van der Waals surface area contributed by atoms with Gasteiger partial charge in [-0.1, -0.05) is 25.3 Å². The first-order valence-electron chi connectivity index (χ1n) is 10.1. The number of carbonyl (C=O) groups is 3. The normalized spacial score (nSPS) is 17.1. The highest BCUT2D eigenvalue weighted by Gasteiger charge is 2.34. The van der Waals surface area contributed by atoms with E-state index < -0.39 is 35.6 Å². The molecule has 8 nitrogen and oxygen atoms in total. The highest BCUT2D eigenvalue weighted by atomic mass is 16.6. The van der Waals surface area contributed by atoms with E-state index in [9.17, 15) is 14.4 Å². The van der Waals surface area contributed by atoms with Crippen LogP contribution >= 0.6 is 0 Å². The van der Waals surface area contributed by atoms with E-state index in [1.54, 1.807) is 39.2 Å². The van der Waals surface area contributed by atoms with Gasteiger partial charge in [0.05, 0.1) is 0 Å². The zero-order valence-corrected chi connectivity index (χ0v) is 17.4. The van der Waals surface area contributed by atoms with E-state index in [1.165, 1.54) is 0 Å². The van der Waals surface area contributed by atoms with Crippen molar-refractivity contribution in [3.63, 3.8) is 0 Å². The van der Waals surface area contributed by atoms with Crippen molar-refractivity contribution < 1.29 is 19.1 Å². The van der Waals surface area contributed by atoms with Gasteiger partial charge in [0.25, 0.3) is 0 Å². The summed E-state index contributed by atoms with van der Waals surface area (Å²) >= 11 is 0. The van der Waals surface area contributed by atoms with Crippen molar-refractivity contribution in [3.05, 3.63) is 30.1 Å². The van der Waals surface area contributed by atoms with Crippen molar-refractivity contribution in [2.75, 3.05) is 0 Å². The molecule has 0 saturated heterocycles. The number of nitrogens with one attached hydrogen (secondary N) is 2. The summed E-state index contributed by atoms with van der Waals surface area (Å²) in [5.41, 5.74) is 5.62. The van der Waals surface area contributed by atoms with Crippen molar-refractivity contribution in [2.45, 2.75) is 77.0 Å². The fraction of sp³-hybridized carbons (Fsp3) is 0.619. The van der Waals surface area contributed by atoms with Gasteiger partial charge < -0.3 is 21.1 Å². The Labute approximate surface area is 172 Å². The lowest BCUT2D eigenvalue weighted by molar-refractivity contribution is -0.129. The predicted octanol–water partition coefficient (Wildman–Crippen LogP) is 2.07. The fourth-order valence-corrected chi connectivity index (χ4v) is 3.54. The van der Waals surface area contributed by atoms with Gasteiger partial charge in [0.1, 0.15) is 17.7 Å². The summed E-state index contributed by atoms with van der Waals surface area (Å²) in [6.45, 7) is 5.29. The standard InChI is InChI=1S/C21H32N4O4/c1-21(2,3)29-20(28)25-17(15-9-5-4-6-10-15)19(27)24-16(18(22)26)12-14-8-7-11-23-13-14/h7-8,11,13,15-17H,4-6,9-10,12H2,1-3H3,(H2,22,26)(H,24,27)(H,25,28)/t16-,17-/m0/s1. The number of ether oxygens (including phenoxy) is 1. The molecule has 0 bridgehead atoms. The smallest absolute Gasteiger partial charge is 0.408 e. The Kier molecular flexibility index (Phi) is 7.99. The summed E-state index contributed by atoms with van der Waals surface area (Å²) in [5.74, 6) is -1.07. The largest absolute Gasteiger partial charge is 0.444 e. The van der Waals surface area contributed by atoms with Crippen molar-refractivity contribution in [1.82, 2.24) is 15.6 Å². The van der Waals surface area contributed by atoms with Crippen molar-refractivity contribution in [2.24, 2.45) is 11.7 Å². The van der Waals surface area contributed by atoms with Gasteiger partial charge in [-0.3, -0.25) is 14.6 Å². The van der Waals surface area contributed by atoms with Gasteiger partial charge in [0.15, 0.2) is 0 Å². The van der Waals surface area contributed by atoms with Crippen LogP contribution in [-0.2, 0) is 20.7 Å². The molecule has 2 atom stereocenters. The Bertz CT molecular complexity index is 696. The minimum absolute atomic E-state index is 0.0109. The molecule has 1 aliphatic carbocycles. The minimum atomic E-state index is -0.891. The first kappa shape index (κ1) is 22.6. The summed E-state index contributed by atoms with van der Waals surface area (Å²) < 4.78 is 5.33. The number of rotatable bonds is 7. The van der Waals surface area contributed by atoms with Crippen LogP contribution < -0.4 is 16.4 Å². The number of aromatic nitrogens is 1. The van der Waals surface area contributed by atoms with Crippen LogP contribution in [0.15, 0.2) is 24.5 Å². The Morgan fingerprint density at radius 2 is 1.90 bits per heavy atom. The molecule has 0 aromatic carbocycles. The molecule has 1 fully saturated rings. The fourth-order valence-electron chi connectivity index (χ4n) is 3.54. The number of alkyl carbamates (subject to hydrolysis) is 1. The van der Waals surface area contributed by atoms with E-state index >= 15 is 0 Å². The molecule has 8 heteroatoms. The lowest BCUT2D eigenvalue weighted by atomic mass is 9.83. The highest BCUT2D eigenvalue weighted by Crippen LogP contribution is 2.27. The summed E-state index contributed by atoms with van der Waals surface area (Å²) in [6, 6.07) is 1.90. The number of hydrogen-bond acceptors (Lipinski definition) is 5. The van der Waals surface area contributed by atoms with Crippen molar-refractivity contribution in [3.8, 4) is 0 Å². The van der Waals surface area contributed by atoms with E-state index in [-0.39, 0.29) is 12.3 Å². The average Bonchev–Trinajstić information content (AvgIpc) is 2.65. The molecule has 0 radical (unpaired) electrons. The molecule has 4 N–H and O–H groups in total. The number of pyridine rings is 1. The first-order valence-corrected chi connectivity index (χ1v) is 10.1. The van der Waals surface area contributed by atoms with Crippen molar-refractivity contribution >= 4 is 17.9 Å². The Morgan fingerprint density at radius 1 is 1.21 bits per heavy atom. The van der Waals surface area contributed by atoms with E-state index in [0.717, 1.165) is 37.7 Å². The third kappa shape index (κ3) is 7.71. The molecule has 29 heavy (non-hydrogen) atoms. The van der Waals surface area contributed by atoms with Crippen molar-refractivity contribution in [1.29, 1.82) is 0 Å². The van der Waals surface area contributed by atoms with Gasteiger partial charge in [-0.15, -0.1) is 0 Å². The van der Waals surface area contributed by atoms with Gasteiger partial charge >= 0.3 is 6.09 Å². The lowest BCUT2D eigenvalue weighted by Crippen LogP contribution is -2.56. The lowest BCUT2D eigenvalue weighted by Gasteiger charge is -2.31. The van der Waals surface area contributed by atoms with Gasteiger partial charge in [-0.05, 0) is 51.2 Å². The maximum atomic E-state index is 13.0. The molecule has 1 heterocycles. The number of nitrogens with zero attached hydrogens (tertiary/aromatic N) is 1. The van der Waals surface area contributed by atoms with E-state index in [2.05, 4.69) is 15.6 Å². The maximum Gasteiger partial charge on any atom is 0.408 e. The summed E-state index contributed by atoms with van der Waals surface area (Å²) in [6.07, 6.45) is 7.62. The Balaban J connectivity index is 2.11. The molecule has 0 spiro atoms. The molecule has 3 amide bonds. The SMILES string of the molecule is CC(C)(C)OC(=O)N[C@H](C(=O)N[C@@H](Cc1cccnc1)C(N)=O)C1CCCCC1. The van der Waals surface area contributed by atoms with Gasteiger partial charge in [0.2, 0.25) is 11.8 Å². The van der Waals surface area contributed by atoms with Crippen LogP contribution in [0.5, 0.6) is 0 Å². The molecule has 1 aromatic rings. The molecular weight excluding hydrogens is 372 g/mol. The number of primary amides is 1. The second kappa shape index (κ2) is 10.2. The second-order valence-electron chi connectivity index (χ2n) is 8.55. The van der Waals surface area contributed by atoms with Gasteiger partial charge in [-0.2, -0.15) is 0 Å². The first-order chi connectivity index (χ1) is 13.7. The molecule has 1 aromatic heterocycles. The summed E-state index contributed by atoms with van der Waals surface area (Å²) in [5, 5.41) is 5.43. The molecule has 1 aliphatic rings. The molecule has 160 valence electrons. The number of amides is 3. The zero-order chi connectivity index (χ0) is 21.4. The molecule has 0 unspecified atom stereocenters. The van der Waals surface area contributed by atoms with Crippen LogP contribution in [0.2, 0.25) is 0 Å². The predicted molar refractivity (Wildman–Crippen MR) is 109 cm³/mol. The molecular formula is C21H32N4O4. The summed E-state index contributed by atoms with van der Waals surface area (Å²) in [4.78, 5) is 41.3. The number of nitrogens with two attached hydrogens (primary N) is 1. The number of hydrogen-bond donors (Lipinski definition) is 3.